The first-order valence-corrected chi connectivity index (χ1v) is 27.1. The fourth-order valence-electron chi connectivity index (χ4n) is 7.65. The minimum atomic E-state index is -0.873. The Morgan fingerprint density at radius 3 is 1.09 bits per heavy atom. The molecule has 0 aromatic heterocycles. The van der Waals surface area contributed by atoms with Crippen molar-refractivity contribution in [1.82, 2.24) is 5.32 Å². The van der Waals surface area contributed by atoms with Crippen LogP contribution in [0.1, 0.15) is 245 Å². The molecular weight excluding hydrogens is 783 g/mol. The van der Waals surface area contributed by atoms with Gasteiger partial charge in [0, 0.05) is 6.42 Å². The van der Waals surface area contributed by atoms with Gasteiger partial charge in [-0.3, -0.25) is 4.79 Å². The van der Waals surface area contributed by atoms with E-state index in [4.69, 9.17) is 0 Å². The van der Waals surface area contributed by atoms with Gasteiger partial charge in [-0.2, -0.15) is 0 Å². The highest BCUT2D eigenvalue weighted by Crippen LogP contribution is 2.15. The summed E-state index contributed by atoms with van der Waals surface area (Å²) < 4.78 is 0. The van der Waals surface area contributed by atoms with Crippen LogP contribution in [0.2, 0.25) is 0 Å². The molecule has 2 atom stereocenters. The lowest BCUT2D eigenvalue weighted by atomic mass is 10.0. The van der Waals surface area contributed by atoms with E-state index in [0.29, 0.717) is 6.42 Å². The quantitative estimate of drug-likeness (QED) is 0.0421. The smallest absolute Gasteiger partial charge is 0.220 e. The molecule has 4 nitrogen and oxygen atoms in total. The van der Waals surface area contributed by atoms with Crippen LogP contribution < -0.4 is 5.32 Å². The molecule has 0 aromatic rings. The van der Waals surface area contributed by atoms with Gasteiger partial charge in [-0.05, 0) is 89.9 Å². The predicted octanol–water partition coefficient (Wildman–Crippen LogP) is 17.9. The van der Waals surface area contributed by atoms with Crippen LogP contribution in [0, 0.1) is 0 Å². The number of amides is 1. The highest BCUT2D eigenvalue weighted by Gasteiger charge is 2.17. The lowest BCUT2D eigenvalue weighted by molar-refractivity contribution is -0.123. The molecule has 64 heavy (non-hydrogen) atoms. The van der Waals surface area contributed by atoms with Gasteiger partial charge >= 0.3 is 0 Å². The zero-order valence-corrected chi connectivity index (χ0v) is 42.0. The molecule has 4 heteroatoms. The van der Waals surface area contributed by atoms with Crippen molar-refractivity contribution < 1.29 is 15.0 Å². The molecule has 0 spiro atoms. The summed E-state index contributed by atoms with van der Waals surface area (Å²) in [5.41, 5.74) is 0. The van der Waals surface area contributed by atoms with Gasteiger partial charge in [-0.1, -0.05) is 258 Å². The third kappa shape index (κ3) is 50.1. The second-order valence-electron chi connectivity index (χ2n) is 17.9. The summed E-state index contributed by atoms with van der Waals surface area (Å²) in [6.45, 7) is 4.19. The maximum absolute atomic E-state index is 12.5. The number of rotatable bonds is 48. The number of nitrogens with one attached hydrogen (secondary N) is 1. The van der Waals surface area contributed by atoms with Crippen molar-refractivity contribution in [3.05, 3.63) is 109 Å². The maximum atomic E-state index is 12.5. The molecule has 3 N–H and O–H groups in total. The number of aliphatic hydroxyl groups is 2. The van der Waals surface area contributed by atoms with E-state index in [1.165, 1.54) is 141 Å². The number of hydrogen-bond acceptors (Lipinski definition) is 3. The van der Waals surface area contributed by atoms with Gasteiger partial charge < -0.3 is 15.5 Å². The maximum Gasteiger partial charge on any atom is 0.220 e. The molecule has 0 aliphatic heterocycles. The molecular formula is C60H103NO3. The van der Waals surface area contributed by atoms with Gasteiger partial charge in [-0.25, -0.2) is 0 Å². The van der Waals surface area contributed by atoms with E-state index in [1.807, 2.05) is 6.08 Å². The second-order valence-corrected chi connectivity index (χ2v) is 17.9. The number of carbonyl (C=O) groups is 1. The van der Waals surface area contributed by atoms with Gasteiger partial charge in [0.1, 0.15) is 0 Å². The van der Waals surface area contributed by atoms with Crippen molar-refractivity contribution >= 4 is 5.91 Å². The Labute approximate surface area is 397 Å². The first-order chi connectivity index (χ1) is 31.7. The summed E-state index contributed by atoms with van der Waals surface area (Å²) in [7, 11) is 0. The van der Waals surface area contributed by atoms with E-state index < -0.39 is 12.1 Å². The third-order valence-electron chi connectivity index (χ3n) is 11.7. The zero-order chi connectivity index (χ0) is 46.3. The largest absolute Gasteiger partial charge is 0.394 e. The molecule has 0 rings (SSSR count). The van der Waals surface area contributed by atoms with Crippen LogP contribution in [0.3, 0.4) is 0 Å². The van der Waals surface area contributed by atoms with Crippen LogP contribution in [0.4, 0.5) is 0 Å². The molecule has 366 valence electrons. The molecule has 0 saturated heterocycles. The minimum Gasteiger partial charge on any atom is -0.394 e. The summed E-state index contributed by atoms with van der Waals surface area (Å²) >= 11 is 0. The molecule has 0 fully saturated rings. The van der Waals surface area contributed by atoms with Gasteiger partial charge in [0.15, 0.2) is 0 Å². The molecule has 2 unspecified atom stereocenters. The molecule has 0 aliphatic rings. The van der Waals surface area contributed by atoms with Gasteiger partial charge in [0.25, 0.3) is 0 Å². The zero-order valence-electron chi connectivity index (χ0n) is 42.0. The number of carbonyl (C=O) groups excluding carboxylic acids is 1. The number of aliphatic hydroxyl groups excluding tert-OH is 2. The topological polar surface area (TPSA) is 69.6 Å². The average Bonchev–Trinajstić information content (AvgIpc) is 3.30. The highest BCUT2D eigenvalue weighted by molar-refractivity contribution is 5.76. The number of unbranched alkanes of at least 4 members (excludes halogenated alkanes) is 25. The standard InChI is InChI=1S/C60H103NO3/c1-3-5-7-9-11-13-15-17-19-21-23-25-26-27-28-29-30-31-32-33-34-36-38-40-42-44-46-48-50-52-54-56-60(64)61-58(57-62)59(63)55-53-51-49-47-45-43-41-39-37-35-24-22-20-18-16-14-12-10-8-6-4-2/h5,7,11,13,17,19,23,25,27-28,30-31,33-34,45,47,53,55,58-59,62-63H,3-4,6,8-10,12,14-16,18,20-22,24,26,29,32,35-44,46,48-52,54,56-57H2,1-2H3,(H,61,64)/b7-5-,13-11-,19-17-,25-23-,28-27-,31-30-,34-33-,47-45+,55-53+. The van der Waals surface area contributed by atoms with Crippen LogP contribution in [0.5, 0.6) is 0 Å². The molecule has 0 bridgehead atoms. The molecule has 0 radical (unpaired) electrons. The Kier molecular flexibility index (Phi) is 51.9. The van der Waals surface area contributed by atoms with Crippen molar-refractivity contribution in [2.24, 2.45) is 0 Å². The van der Waals surface area contributed by atoms with Crippen molar-refractivity contribution in [2.45, 2.75) is 257 Å². The average molecular weight is 886 g/mol. The summed E-state index contributed by atoms with van der Waals surface area (Å²) in [4.78, 5) is 12.5. The normalized spacial score (nSPS) is 13.8. The van der Waals surface area contributed by atoms with E-state index in [0.717, 1.165) is 83.5 Å². The molecule has 0 saturated carbocycles. The Hall–Kier alpha value is -2.95. The van der Waals surface area contributed by atoms with Crippen LogP contribution in [0.25, 0.3) is 0 Å². The second kappa shape index (κ2) is 54.4. The van der Waals surface area contributed by atoms with E-state index in [1.54, 1.807) is 6.08 Å². The molecule has 0 aromatic carbocycles. The van der Waals surface area contributed by atoms with E-state index in [-0.39, 0.29) is 12.5 Å². The SMILES string of the molecule is CC/C=C\C/C=C\C/C=C\C/C=C\C/C=C\C/C=C\C/C=C\CCCCCCCCCCCC(=O)NC(CO)C(O)/C=C/CC/C=C/CCCCCCCCCCCCCCCCC. The van der Waals surface area contributed by atoms with Crippen LogP contribution >= 0.6 is 0 Å². The fraction of sp³-hybridized carbons (Fsp3) is 0.683. The van der Waals surface area contributed by atoms with Crippen molar-refractivity contribution in [3.63, 3.8) is 0 Å². The first-order valence-electron chi connectivity index (χ1n) is 27.1. The van der Waals surface area contributed by atoms with E-state index >= 15 is 0 Å². The van der Waals surface area contributed by atoms with Crippen molar-refractivity contribution in [2.75, 3.05) is 6.61 Å². The Balaban J connectivity index is 3.63. The number of allylic oxidation sites excluding steroid dienone is 17. The summed E-state index contributed by atoms with van der Waals surface area (Å²) in [5, 5.41) is 23.1. The predicted molar refractivity (Wildman–Crippen MR) is 285 cm³/mol. The van der Waals surface area contributed by atoms with Crippen LogP contribution in [0.15, 0.2) is 109 Å². The number of hydrogen-bond donors (Lipinski definition) is 3. The van der Waals surface area contributed by atoms with Gasteiger partial charge in [0.05, 0.1) is 18.8 Å². The van der Waals surface area contributed by atoms with Crippen molar-refractivity contribution in [1.29, 1.82) is 0 Å². The van der Waals surface area contributed by atoms with E-state index in [9.17, 15) is 15.0 Å². The van der Waals surface area contributed by atoms with Gasteiger partial charge in [-0.15, -0.1) is 0 Å². The fourth-order valence-corrected chi connectivity index (χ4v) is 7.65. The summed E-state index contributed by atoms with van der Waals surface area (Å²) in [6.07, 6.45) is 82.3. The van der Waals surface area contributed by atoms with Gasteiger partial charge in [0.2, 0.25) is 5.91 Å². The van der Waals surface area contributed by atoms with E-state index in [2.05, 4.69) is 116 Å². The summed E-state index contributed by atoms with van der Waals surface area (Å²) in [6, 6.07) is -0.651. The Morgan fingerprint density at radius 2 is 0.703 bits per heavy atom. The monoisotopic (exact) mass is 886 g/mol. The lowest BCUT2D eigenvalue weighted by Crippen LogP contribution is -2.45. The first kappa shape index (κ1) is 61.0. The summed E-state index contributed by atoms with van der Waals surface area (Å²) in [5.74, 6) is -0.0837. The minimum absolute atomic E-state index is 0.0837. The molecule has 0 heterocycles. The third-order valence-corrected chi connectivity index (χ3v) is 11.7. The highest BCUT2D eigenvalue weighted by atomic mass is 16.3. The molecule has 0 aliphatic carbocycles. The van der Waals surface area contributed by atoms with Crippen LogP contribution in [-0.4, -0.2) is 34.9 Å². The lowest BCUT2D eigenvalue weighted by Gasteiger charge is -2.19. The Bertz CT molecular complexity index is 1230. The van der Waals surface area contributed by atoms with Crippen LogP contribution in [-0.2, 0) is 4.79 Å². The Morgan fingerprint density at radius 1 is 0.391 bits per heavy atom. The van der Waals surface area contributed by atoms with Crippen molar-refractivity contribution in [3.8, 4) is 0 Å². The molecule has 1 amide bonds.